The van der Waals surface area contributed by atoms with Gasteiger partial charge in [0.05, 0.1) is 0 Å². The summed E-state index contributed by atoms with van der Waals surface area (Å²) in [4.78, 5) is 33.3. The summed E-state index contributed by atoms with van der Waals surface area (Å²) in [5.74, 6) is -1.61. The van der Waals surface area contributed by atoms with E-state index in [9.17, 15) is 18.8 Å². The molecule has 0 radical (unpaired) electrons. The van der Waals surface area contributed by atoms with E-state index in [1.807, 2.05) is 5.32 Å². The first kappa shape index (κ1) is 19.3. The van der Waals surface area contributed by atoms with Crippen LogP contribution in [0.3, 0.4) is 0 Å². The molecule has 2 unspecified atom stereocenters. The number of rotatable bonds is 7. The van der Waals surface area contributed by atoms with Gasteiger partial charge in [0.1, 0.15) is 23.4 Å². The van der Waals surface area contributed by atoms with Crippen molar-refractivity contribution in [3.8, 4) is 11.5 Å². The van der Waals surface area contributed by atoms with E-state index in [4.69, 9.17) is 20.3 Å². The Labute approximate surface area is 159 Å². The number of nitrogens with two attached hydrogens (primary N) is 1. The minimum absolute atomic E-state index is 0.0811. The van der Waals surface area contributed by atoms with Gasteiger partial charge in [-0.05, 0) is 35.7 Å². The number of imide groups is 1. The van der Waals surface area contributed by atoms with Crippen LogP contribution in [0.1, 0.15) is 11.1 Å². The summed E-state index contributed by atoms with van der Waals surface area (Å²) in [5.41, 5.74) is 6.43. The number of ether oxygens (including phenoxy) is 2. The van der Waals surface area contributed by atoms with Crippen molar-refractivity contribution in [2.24, 2.45) is 5.73 Å². The smallest absolute Gasteiger partial charge is 0.414 e. The number of halogens is 1. The first-order valence-corrected chi connectivity index (χ1v) is 8.37. The van der Waals surface area contributed by atoms with Crippen molar-refractivity contribution in [3.05, 3.63) is 59.4 Å². The molecule has 0 saturated carbocycles. The molecule has 2 aromatic carbocycles. The average Bonchev–Trinajstić information content (AvgIpc) is 2.96. The molecular formula is C19H17FN2O6. The predicted molar refractivity (Wildman–Crippen MR) is 94.3 cm³/mol. The van der Waals surface area contributed by atoms with Crippen LogP contribution in [0.4, 0.5) is 9.18 Å². The molecule has 2 amide bonds. The molecule has 2 atom stereocenters. The summed E-state index contributed by atoms with van der Waals surface area (Å²) in [6, 6.07) is 9.75. The number of hydrogen-bond acceptors (Lipinski definition) is 6. The minimum Gasteiger partial charge on any atom is -0.480 e. The minimum atomic E-state index is -1.08. The molecule has 0 bridgehead atoms. The van der Waals surface area contributed by atoms with Crippen LogP contribution in [0.15, 0.2) is 42.5 Å². The highest BCUT2D eigenvalue weighted by atomic mass is 19.1. The van der Waals surface area contributed by atoms with Crippen LogP contribution in [0.2, 0.25) is 0 Å². The van der Waals surface area contributed by atoms with E-state index >= 15 is 0 Å². The van der Waals surface area contributed by atoms with Crippen molar-refractivity contribution in [3.63, 3.8) is 0 Å². The standard InChI is InChI=1S/C19H17FN2O6/c20-14-9-13(6-3-11(14)8-16-17(23)22-19(26)28-16)27-12-4-1-10(2-5-12)7-15(21)18(24)25/h1-6,9,15-16H,7-8,21H2,(H,24,25)(H,22,23,26). The molecule has 2 aromatic rings. The maximum atomic E-state index is 14.3. The Kier molecular flexibility index (Phi) is 5.55. The zero-order valence-corrected chi connectivity index (χ0v) is 14.6. The summed E-state index contributed by atoms with van der Waals surface area (Å²) in [7, 11) is 0. The van der Waals surface area contributed by atoms with E-state index in [1.165, 1.54) is 12.1 Å². The average molecular weight is 388 g/mol. The van der Waals surface area contributed by atoms with E-state index in [0.717, 1.165) is 11.6 Å². The topological polar surface area (TPSA) is 128 Å². The number of carbonyl (C=O) groups excluding carboxylic acids is 2. The van der Waals surface area contributed by atoms with Crippen LogP contribution < -0.4 is 15.8 Å². The van der Waals surface area contributed by atoms with Gasteiger partial charge in [0, 0.05) is 12.5 Å². The normalized spacial score (nSPS) is 17.0. The van der Waals surface area contributed by atoms with Crippen LogP contribution in [0.5, 0.6) is 11.5 Å². The lowest BCUT2D eigenvalue weighted by Gasteiger charge is -2.11. The third-order valence-electron chi connectivity index (χ3n) is 4.13. The zero-order chi connectivity index (χ0) is 20.3. The van der Waals surface area contributed by atoms with Gasteiger partial charge in [-0.1, -0.05) is 18.2 Å². The number of benzene rings is 2. The van der Waals surface area contributed by atoms with Crippen molar-refractivity contribution < 1.29 is 33.4 Å². The highest BCUT2D eigenvalue weighted by Gasteiger charge is 2.32. The van der Waals surface area contributed by atoms with Gasteiger partial charge in [0.15, 0.2) is 6.10 Å². The van der Waals surface area contributed by atoms with Gasteiger partial charge in [0.25, 0.3) is 5.91 Å². The van der Waals surface area contributed by atoms with Gasteiger partial charge in [-0.2, -0.15) is 0 Å². The number of aliphatic carboxylic acids is 1. The lowest BCUT2D eigenvalue weighted by atomic mass is 10.1. The molecule has 0 spiro atoms. The second-order valence-corrected chi connectivity index (χ2v) is 6.24. The predicted octanol–water partition coefficient (Wildman–Crippen LogP) is 1.75. The SMILES string of the molecule is NC(Cc1ccc(Oc2ccc(CC3OC(=O)NC3=O)c(F)c2)cc1)C(=O)O. The molecule has 0 aliphatic carbocycles. The Morgan fingerprint density at radius 3 is 2.46 bits per heavy atom. The molecule has 1 saturated heterocycles. The van der Waals surface area contributed by atoms with Crippen molar-refractivity contribution >= 4 is 18.0 Å². The fourth-order valence-corrected chi connectivity index (χ4v) is 2.66. The second kappa shape index (κ2) is 8.05. The molecule has 3 rings (SSSR count). The summed E-state index contributed by atoms with van der Waals surface area (Å²) in [5, 5.41) is 10.8. The van der Waals surface area contributed by atoms with Crippen LogP contribution >= 0.6 is 0 Å². The van der Waals surface area contributed by atoms with Crippen LogP contribution in [-0.4, -0.2) is 35.2 Å². The van der Waals surface area contributed by atoms with Crippen LogP contribution in [-0.2, 0) is 27.2 Å². The number of alkyl carbamates (subject to hydrolysis) is 1. The maximum Gasteiger partial charge on any atom is 0.414 e. The molecule has 8 nitrogen and oxygen atoms in total. The monoisotopic (exact) mass is 388 g/mol. The van der Waals surface area contributed by atoms with Crippen molar-refractivity contribution in [1.29, 1.82) is 0 Å². The zero-order valence-electron chi connectivity index (χ0n) is 14.6. The highest BCUT2D eigenvalue weighted by molar-refractivity contribution is 6.00. The molecular weight excluding hydrogens is 371 g/mol. The van der Waals surface area contributed by atoms with Crippen LogP contribution in [0, 0.1) is 5.82 Å². The molecule has 1 aliphatic rings. The fraction of sp³-hybridized carbons (Fsp3) is 0.211. The highest BCUT2D eigenvalue weighted by Crippen LogP contribution is 2.25. The number of amides is 2. The number of carboxylic acid groups (broad SMARTS) is 1. The van der Waals surface area contributed by atoms with Crippen LogP contribution in [0.25, 0.3) is 0 Å². The third kappa shape index (κ3) is 4.63. The number of carboxylic acids is 1. The molecule has 1 fully saturated rings. The third-order valence-corrected chi connectivity index (χ3v) is 4.13. The Balaban J connectivity index is 1.63. The van der Waals surface area contributed by atoms with Crippen molar-refractivity contribution in [2.75, 3.05) is 0 Å². The quantitative estimate of drug-likeness (QED) is 0.659. The summed E-state index contributed by atoms with van der Waals surface area (Å²) in [6.45, 7) is 0. The van der Waals surface area contributed by atoms with Gasteiger partial charge < -0.3 is 20.3 Å². The number of carbonyl (C=O) groups is 3. The summed E-state index contributed by atoms with van der Waals surface area (Å²) < 4.78 is 24.6. The first-order valence-electron chi connectivity index (χ1n) is 8.37. The summed E-state index contributed by atoms with van der Waals surface area (Å²) in [6.07, 6.45) is -1.80. The Morgan fingerprint density at radius 1 is 1.21 bits per heavy atom. The molecule has 0 aromatic heterocycles. The van der Waals surface area contributed by atoms with E-state index in [2.05, 4.69) is 0 Å². The largest absolute Gasteiger partial charge is 0.480 e. The number of hydrogen-bond donors (Lipinski definition) is 3. The summed E-state index contributed by atoms with van der Waals surface area (Å²) >= 11 is 0. The second-order valence-electron chi connectivity index (χ2n) is 6.24. The van der Waals surface area contributed by atoms with Gasteiger partial charge in [-0.3, -0.25) is 14.9 Å². The molecule has 4 N–H and O–H groups in total. The Hall–Kier alpha value is -3.46. The lowest BCUT2D eigenvalue weighted by Crippen LogP contribution is -2.32. The van der Waals surface area contributed by atoms with E-state index in [-0.39, 0.29) is 24.2 Å². The fourth-order valence-electron chi connectivity index (χ4n) is 2.66. The molecule has 1 aliphatic heterocycles. The molecule has 1 heterocycles. The van der Waals surface area contributed by atoms with Crippen molar-refractivity contribution in [2.45, 2.75) is 25.0 Å². The molecule has 9 heteroatoms. The van der Waals surface area contributed by atoms with Gasteiger partial charge in [0.2, 0.25) is 0 Å². The van der Waals surface area contributed by atoms with E-state index < -0.39 is 35.9 Å². The maximum absolute atomic E-state index is 14.3. The van der Waals surface area contributed by atoms with Crippen molar-refractivity contribution in [1.82, 2.24) is 5.32 Å². The Morgan fingerprint density at radius 2 is 1.89 bits per heavy atom. The van der Waals surface area contributed by atoms with E-state index in [1.54, 1.807) is 24.3 Å². The van der Waals surface area contributed by atoms with E-state index in [0.29, 0.717) is 5.75 Å². The Bertz CT molecular complexity index is 915. The number of cyclic esters (lactones) is 1. The number of nitrogens with one attached hydrogen (secondary N) is 1. The lowest BCUT2D eigenvalue weighted by molar-refractivity contribution is -0.138. The molecule has 146 valence electrons. The molecule has 28 heavy (non-hydrogen) atoms. The van der Waals surface area contributed by atoms with Gasteiger partial charge in [-0.25, -0.2) is 9.18 Å². The van der Waals surface area contributed by atoms with Gasteiger partial charge >= 0.3 is 12.1 Å². The first-order chi connectivity index (χ1) is 13.3. The van der Waals surface area contributed by atoms with Gasteiger partial charge in [-0.15, -0.1) is 0 Å².